The largest absolute Gasteiger partial charge is 0.379 e. The molecule has 22 heavy (non-hydrogen) atoms. The van der Waals surface area contributed by atoms with Crippen LogP contribution in [0.25, 0.3) is 0 Å². The van der Waals surface area contributed by atoms with Crippen LogP contribution in [0.5, 0.6) is 0 Å². The summed E-state index contributed by atoms with van der Waals surface area (Å²) in [6, 6.07) is 19.5. The molecule has 1 aliphatic rings. The van der Waals surface area contributed by atoms with E-state index < -0.39 is 5.60 Å². The van der Waals surface area contributed by atoms with Crippen LogP contribution in [0, 0.1) is 5.92 Å². The number of hydrogen-bond acceptors (Lipinski definition) is 2. The zero-order valence-corrected chi connectivity index (χ0v) is 13.0. The van der Waals surface area contributed by atoms with Gasteiger partial charge in [0.2, 0.25) is 0 Å². The second-order valence-corrected chi connectivity index (χ2v) is 6.42. The van der Waals surface area contributed by atoms with Gasteiger partial charge in [-0.2, -0.15) is 0 Å². The standard InChI is InChI=1S/C20H25NO/c21-19(16-10-4-1-5-11-16)20(22,17-12-6-2-7-13-17)18-14-8-3-9-15-18/h2-3,6-9,12-16,19,22H,1,4-5,10-11,21H2/t19-/m0/s1. The number of nitrogens with two attached hydrogens (primary N) is 1. The summed E-state index contributed by atoms with van der Waals surface area (Å²) in [6.07, 6.45) is 5.96. The van der Waals surface area contributed by atoms with Gasteiger partial charge in [0.1, 0.15) is 5.60 Å². The third kappa shape index (κ3) is 2.81. The van der Waals surface area contributed by atoms with Crippen molar-refractivity contribution in [3.8, 4) is 0 Å². The molecule has 0 aromatic heterocycles. The van der Waals surface area contributed by atoms with Gasteiger partial charge >= 0.3 is 0 Å². The van der Waals surface area contributed by atoms with Crippen molar-refractivity contribution < 1.29 is 5.11 Å². The molecule has 0 radical (unpaired) electrons. The van der Waals surface area contributed by atoms with Gasteiger partial charge in [-0.3, -0.25) is 0 Å². The van der Waals surface area contributed by atoms with Gasteiger partial charge in [-0.25, -0.2) is 0 Å². The maximum absolute atomic E-state index is 11.6. The normalized spacial score (nSPS) is 18.1. The van der Waals surface area contributed by atoms with Gasteiger partial charge in [0.05, 0.1) is 0 Å². The molecule has 0 amide bonds. The minimum atomic E-state index is -1.12. The van der Waals surface area contributed by atoms with E-state index in [9.17, 15) is 5.11 Å². The molecule has 2 aromatic rings. The van der Waals surface area contributed by atoms with Crippen molar-refractivity contribution in [2.75, 3.05) is 0 Å². The van der Waals surface area contributed by atoms with Gasteiger partial charge in [0.15, 0.2) is 0 Å². The molecule has 0 saturated heterocycles. The fraction of sp³-hybridized carbons (Fsp3) is 0.400. The molecule has 0 aliphatic heterocycles. The number of benzene rings is 2. The molecule has 1 fully saturated rings. The summed E-state index contributed by atoms with van der Waals surface area (Å²) < 4.78 is 0. The Hall–Kier alpha value is -1.64. The minimum Gasteiger partial charge on any atom is -0.379 e. The topological polar surface area (TPSA) is 46.2 Å². The van der Waals surface area contributed by atoms with Gasteiger partial charge in [0.25, 0.3) is 0 Å². The Balaban J connectivity index is 2.03. The van der Waals surface area contributed by atoms with Crippen LogP contribution in [0.3, 0.4) is 0 Å². The Morgan fingerprint density at radius 3 is 1.73 bits per heavy atom. The van der Waals surface area contributed by atoms with E-state index in [2.05, 4.69) is 0 Å². The lowest BCUT2D eigenvalue weighted by atomic mass is 9.71. The summed E-state index contributed by atoms with van der Waals surface area (Å²) in [7, 11) is 0. The highest BCUT2D eigenvalue weighted by Gasteiger charge is 2.42. The smallest absolute Gasteiger partial charge is 0.130 e. The van der Waals surface area contributed by atoms with Crippen LogP contribution >= 0.6 is 0 Å². The van der Waals surface area contributed by atoms with Gasteiger partial charge in [-0.1, -0.05) is 79.9 Å². The van der Waals surface area contributed by atoms with Crippen LogP contribution in [0.1, 0.15) is 43.2 Å². The third-order valence-corrected chi connectivity index (χ3v) is 5.07. The third-order valence-electron chi connectivity index (χ3n) is 5.07. The predicted octanol–water partition coefficient (Wildman–Crippen LogP) is 3.83. The lowest BCUT2D eigenvalue weighted by Gasteiger charge is -2.40. The van der Waals surface area contributed by atoms with E-state index in [1.807, 2.05) is 60.7 Å². The highest BCUT2D eigenvalue weighted by atomic mass is 16.3. The molecule has 1 saturated carbocycles. The summed E-state index contributed by atoms with van der Waals surface area (Å²) in [5.41, 5.74) is 7.30. The van der Waals surface area contributed by atoms with Crippen LogP contribution in [-0.4, -0.2) is 11.1 Å². The lowest BCUT2D eigenvalue weighted by Crippen LogP contribution is -2.51. The van der Waals surface area contributed by atoms with E-state index >= 15 is 0 Å². The van der Waals surface area contributed by atoms with Crippen molar-refractivity contribution >= 4 is 0 Å². The maximum atomic E-state index is 11.6. The van der Waals surface area contributed by atoms with Crippen molar-refractivity contribution in [1.82, 2.24) is 0 Å². The Morgan fingerprint density at radius 2 is 1.27 bits per heavy atom. The quantitative estimate of drug-likeness (QED) is 0.900. The lowest BCUT2D eigenvalue weighted by molar-refractivity contribution is 0.0218. The Morgan fingerprint density at radius 1 is 0.818 bits per heavy atom. The predicted molar refractivity (Wildman–Crippen MR) is 90.4 cm³/mol. The first-order chi connectivity index (χ1) is 10.7. The van der Waals surface area contributed by atoms with Gasteiger partial charge in [-0.05, 0) is 29.9 Å². The molecule has 0 bridgehead atoms. The second kappa shape index (κ2) is 6.64. The highest BCUT2D eigenvalue weighted by Crippen LogP contribution is 2.39. The van der Waals surface area contributed by atoms with Crippen molar-refractivity contribution in [2.24, 2.45) is 11.7 Å². The molecular formula is C20H25NO. The van der Waals surface area contributed by atoms with Crippen LogP contribution < -0.4 is 5.73 Å². The van der Waals surface area contributed by atoms with Gasteiger partial charge in [-0.15, -0.1) is 0 Å². The summed E-state index contributed by atoms with van der Waals surface area (Å²) >= 11 is 0. The Bertz CT molecular complexity index is 536. The molecule has 116 valence electrons. The zero-order valence-electron chi connectivity index (χ0n) is 13.0. The SMILES string of the molecule is N[C@@H](C1CCCCC1)C(O)(c1ccccc1)c1ccccc1. The molecule has 3 N–H and O–H groups in total. The zero-order chi connectivity index (χ0) is 15.4. The van der Waals surface area contributed by atoms with E-state index in [0.29, 0.717) is 5.92 Å². The average molecular weight is 295 g/mol. The molecule has 3 rings (SSSR count). The Kier molecular flexibility index (Phi) is 4.60. The molecule has 1 atom stereocenters. The first-order valence-corrected chi connectivity index (χ1v) is 8.32. The van der Waals surface area contributed by atoms with Gasteiger partial charge in [0, 0.05) is 6.04 Å². The monoisotopic (exact) mass is 295 g/mol. The molecule has 2 nitrogen and oxygen atoms in total. The van der Waals surface area contributed by atoms with Crippen molar-refractivity contribution in [1.29, 1.82) is 0 Å². The molecule has 0 spiro atoms. The first-order valence-electron chi connectivity index (χ1n) is 8.32. The first kappa shape index (κ1) is 15.3. The van der Waals surface area contributed by atoms with E-state index in [1.165, 1.54) is 19.3 Å². The summed E-state index contributed by atoms with van der Waals surface area (Å²) in [5.74, 6) is 0.374. The van der Waals surface area contributed by atoms with Crippen molar-refractivity contribution in [3.63, 3.8) is 0 Å². The summed E-state index contributed by atoms with van der Waals surface area (Å²) in [6.45, 7) is 0. The summed E-state index contributed by atoms with van der Waals surface area (Å²) in [4.78, 5) is 0. The molecular weight excluding hydrogens is 270 g/mol. The molecule has 0 unspecified atom stereocenters. The molecule has 1 aliphatic carbocycles. The van der Waals surface area contributed by atoms with E-state index in [1.54, 1.807) is 0 Å². The second-order valence-electron chi connectivity index (χ2n) is 6.42. The average Bonchev–Trinajstić information content (AvgIpc) is 2.62. The number of hydrogen-bond donors (Lipinski definition) is 2. The van der Waals surface area contributed by atoms with Crippen molar-refractivity contribution in [3.05, 3.63) is 71.8 Å². The van der Waals surface area contributed by atoms with Crippen LogP contribution in [-0.2, 0) is 5.60 Å². The molecule has 0 heterocycles. The molecule has 2 aromatic carbocycles. The number of aliphatic hydroxyl groups is 1. The molecule has 2 heteroatoms. The number of rotatable bonds is 4. The van der Waals surface area contributed by atoms with Crippen molar-refractivity contribution in [2.45, 2.75) is 43.7 Å². The highest BCUT2D eigenvalue weighted by molar-refractivity contribution is 5.38. The van der Waals surface area contributed by atoms with Crippen LogP contribution in [0.4, 0.5) is 0 Å². The van der Waals surface area contributed by atoms with E-state index in [4.69, 9.17) is 5.73 Å². The van der Waals surface area contributed by atoms with Crippen LogP contribution in [0.15, 0.2) is 60.7 Å². The fourth-order valence-corrected chi connectivity index (χ4v) is 3.77. The summed E-state index contributed by atoms with van der Waals surface area (Å²) in [5, 5.41) is 11.6. The van der Waals surface area contributed by atoms with Crippen LogP contribution in [0.2, 0.25) is 0 Å². The Labute approximate surface area is 133 Å². The van der Waals surface area contributed by atoms with E-state index in [-0.39, 0.29) is 6.04 Å². The van der Waals surface area contributed by atoms with Gasteiger partial charge < -0.3 is 10.8 Å². The van der Waals surface area contributed by atoms with E-state index in [0.717, 1.165) is 24.0 Å². The maximum Gasteiger partial charge on any atom is 0.130 e. The fourth-order valence-electron chi connectivity index (χ4n) is 3.77. The minimum absolute atomic E-state index is 0.280.